The number of carbonyl (C=O) groups is 1. The van der Waals surface area contributed by atoms with Crippen LogP contribution in [0, 0.1) is 0 Å². The molecule has 0 aliphatic carbocycles. The van der Waals surface area contributed by atoms with Gasteiger partial charge in [0, 0.05) is 65.4 Å². The Hall–Kier alpha value is 1.40. The van der Waals surface area contributed by atoms with Crippen molar-refractivity contribution in [3.05, 3.63) is 0 Å². The number of aldehydes is 1. The van der Waals surface area contributed by atoms with Gasteiger partial charge >= 0.3 is 0 Å². The zero-order valence-corrected chi connectivity index (χ0v) is 12.0. The topological polar surface area (TPSA) is 26.3 Å². The molecule has 2 nitrogen and oxygen atoms in total. The molecule has 0 aromatic rings. The molecule has 0 bridgehead atoms. The summed E-state index contributed by atoms with van der Waals surface area (Å²) in [7, 11) is 0. The summed E-state index contributed by atoms with van der Waals surface area (Å²) >= 11 is 0. The molecule has 0 N–H and O–H groups in total. The van der Waals surface area contributed by atoms with E-state index in [2.05, 4.69) is 0 Å². The minimum atomic E-state index is 0. The van der Waals surface area contributed by atoms with Gasteiger partial charge in [-0.2, -0.15) is 0 Å². The first-order chi connectivity index (χ1) is 4.27. The molecule has 0 unspecified atom stereocenters. The van der Waals surface area contributed by atoms with Gasteiger partial charge in [0.15, 0.2) is 0 Å². The Bertz CT molecular complexity index is 76.8. The fraction of sp³-hybridized carbons (Fsp3) is 0.857. The molecule has 0 atom stereocenters. The summed E-state index contributed by atoms with van der Waals surface area (Å²) in [5.41, 5.74) is 0. The molecule has 0 aromatic carbocycles. The van der Waals surface area contributed by atoms with Crippen LogP contribution in [0.25, 0.3) is 0 Å². The van der Waals surface area contributed by atoms with Crippen LogP contribution >= 0.6 is 0 Å². The Morgan fingerprint density at radius 2 is 1.91 bits per heavy atom. The fourth-order valence-corrected chi connectivity index (χ4v) is 0.486. The van der Waals surface area contributed by atoms with Gasteiger partial charge in [-0.25, -0.2) is 0 Å². The van der Waals surface area contributed by atoms with Crippen LogP contribution in [0.4, 0.5) is 0 Å². The van der Waals surface area contributed by atoms with Crippen LogP contribution in [0.2, 0.25) is 0 Å². The number of unbranched alkanes of at least 4 members (excludes halogenated alkanes) is 1. The van der Waals surface area contributed by atoms with Crippen molar-refractivity contribution in [3.8, 4) is 0 Å². The second-order valence-corrected chi connectivity index (χ2v) is 2.23. The third-order valence-electron chi connectivity index (χ3n) is 0.917. The fourth-order valence-electron chi connectivity index (χ4n) is 0.486. The van der Waals surface area contributed by atoms with Crippen molar-refractivity contribution < 1.29 is 61.9 Å². The number of rotatable bonds is 5. The Balaban J connectivity index is -0.000000320. The van der Waals surface area contributed by atoms with Gasteiger partial charge in [-0.15, -0.1) is 0 Å². The van der Waals surface area contributed by atoms with Crippen LogP contribution in [0.3, 0.4) is 0 Å². The van der Waals surface area contributed by atoms with Crippen LogP contribution < -0.4 is 0 Å². The molecule has 62 valence electrons. The molecule has 4 heteroatoms. The second-order valence-electron chi connectivity index (χ2n) is 2.23. The number of carbonyl (C=O) groups excluding carboxylic acids is 1. The van der Waals surface area contributed by atoms with Gasteiger partial charge < -0.3 is 9.53 Å². The van der Waals surface area contributed by atoms with Crippen molar-refractivity contribution in [2.24, 2.45) is 0 Å². The zero-order valence-electron chi connectivity index (χ0n) is 7.09. The quantitative estimate of drug-likeness (QED) is 0.566. The first-order valence-corrected chi connectivity index (χ1v) is 3.32. The van der Waals surface area contributed by atoms with Crippen molar-refractivity contribution in [1.29, 1.82) is 0 Å². The molecule has 11 heavy (non-hydrogen) atoms. The summed E-state index contributed by atoms with van der Waals surface area (Å²) in [6.45, 7) is 4.68. The van der Waals surface area contributed by atoms with Gasteiger partial charge in [0.2, 0.25) is 0 Å². The maximum atomic E-state index is 9.79. The van der Waals surface area contributed by atoms with Crippen LogP contribution in [0.5, 0.6) is 0 Å². The summed E-state index contributed by atoms with van der Waals surface area (Å²) in [5.74, 6) is 0. The predicted octanol–water partition coefficient (Wildman–Crippen LogP) is 1.39. The maximum Gasteiger partial charge on any atom is 0.120 e. The third-order valence-corrected chi connectivity index (χ3v) is 0.917. The van der Waals surface area contributed by atoms with E-state index in [0.717, 1.165) is 12.7 Å². The van der Waals surface area contributed by atoms with Gasteiger partial charge in [0.1, 0.15) is 6.29 Å². The average Bonchev–Trinajstić information content (AvgIpc) is 1.80. The third kappa shape index (κ3) is 18.4. The normalized spacial score (nSPS) is 8.27. The Labute approximate surface area is 107 Å². The van der Waals surface area contributed by atoms with E-state index in [1.807, 2.05) is 13.8 Å². The summed E-state index contributed by atoms with van der Waals surface area (Å²) in [4.78, 5) is 9.79. The Kier molecular flexibility index (Phi) is 23.1. The molecular weight excluding hydrogens is 299 g/mol. The van der Waals surface area contributed by atoms with Crippen LogP contribution in [-0.2, 0) is 61.9 Å². The van der Waals surface area contributed by atoms with Crippen molar-refractivity contribution in [2.75, 3.05) is 6.61 Å². The SMILES string of the molecule is CC(C)OCCCC=O.[Zr].[Zr]. The second kappa shape index (κ2) is 14.0. The summed E-state index contributed by atoms with van der Waals surface area (Å²) in [6, 6.07) is 0. The smallest absolute Gasteiger partial charge is 0.120 e. The maximum absolute atomic E-state index is 9.79. The molecule has 0 amide bonds. The van der Waals surface area contributed by atoms with Crippen molar-refractivity contribution in [2.45, 2.75) is 32.8 Å². The van der Waals surface area contributed by atoms with Gasteiger partial charge in [-0.3, -0.25) is 0 Å². The summed E-state index contributed by atoms with van der Waals surface area (Å²) in [6.07, 6.45) is 2.68. The summed E-state index contributed by atoms with van der Waals surface area (Å²) < 4.78 is 5.18. The van der Waals surface area contributed by atoms with E-state index < -0.39 is 0 Å². The molecule has 0 aliphatic rings. The van der Waals surface area contributed by atoms with Crippen LogP contribution in [0.15, 0.2) is 0 Å². The number of ether oxygens (including phenoxy) is 1. The summed E-state index contributed by atoms with van der Waals surface area (Å²) in [5, 5.41) is 0. The molecule has 0 fully saturated rings. The average molecular weight is 313 g/mol. The van der Waals surface area contributed by atoms with Crippen LogP contribution in [0.1, 0.15) is 26.7 Å². The minimum absolute atomic E-state index is 0. The Morgan fingerprint density at radius 3 is 2.27 bits per heavy atom. The minimum Gasteiger partial charge on any atom is -0.379 e. The molecule has 0 spiro atoms. The zero-order chi connectivity index (χ0) is 7.11. The molecule has 0 heterocycles. The number of hydrogen-bond donors (Lipinski definition) is 0. The molecule has 0 saturated heterocycles. The Morgan fingerprint density at radius 1 is 1.36 bits per heavy atom. The van der Waals surface area contributed by atoms with Crippen molar-refractivity contribution in [1.82, 2.24) is 0 Å². The largest absolute Gasteiger partial charge is 0.379 e. The van der Waals surface area contributed by atoms with E-state index in [-0.39, 0.29) is 58.5 Å². The van der Waals surface area contributed by atoms with Gasteiger partial charge in [-0.05, 0) is 20.3 Å². The van der Waals surface area contributed by atoms with E-state index in [1.165, 1.54) is 0 Å². The van der Waals surface area contributed by atoms with E-state index >= 15 is 0 Å². The van der Waals surface area contributed by atoms with Gasteiger partial charge in [0.25, 0.3) is 0 Å². The monoisotopic (exact) mass is 310 g/mol. The number of hydrogen-bond acceptors (Lipinski definition) is 2. The van der Waals surface area contributed by atoms with E-state index in [4.69, 9.17) is 4.74 Å². The van der Waals surface area contributed by atoms with Gasteiger partial charge in [-0.1, -0.05) is 0 Å². The molecule has 0 radical (unpaired) electrons. The van der Waals surface area contributed by atoms with Crippen molar-refractivity contribution >= 4 is 6.29 Å². The molecular formula is C7H14O2Zr2. The van der Waals surface area contributed by atoms with E-state index in [9.17, 15) is 4.79 Å². The molecule has 0 aromatic heterocycles. The first-order valence-electron chi connectivity index (χ1n) is 3.32. The predicted molar refractivity (Wildman–Crippen MR) is 36.4 cm³/mol. The van der Waals surface area contributed by atoms with E-state index in [1.54, 1.807) is 0 Å². The molecule has 0 saturated carbocycles. The standard InChI is InChI=1S/C7H14O2.2Zr/c1-7(2)9-6-4-3-5-8;;/h5,7H,3-4,6H2,1-2H3;;. The molecule has 0 rings (SSSR count). The van der Waals surface area contributed by atoms with E-state index in [0.29, 0.717) is 13.0 Å². The molecule has 0 aliphatic heterocycles. The van der Waals surface area contributed by atoms with Crippen LogP contribution in [-0.4, -0.2) is 19.0 Å². The van der Waals surface area contributed by atoms with Gasteiger partial charge in [0.05, 0.1) is 6.10 Å². The first kappa shape index (κ1) is 18.2. The van der Waals surface area contributed by atoms with Crippen molar-refractivity contribution in [3.63, 3.8) is 0 Å².